The van der Waals surface area contributed by atoms with E-state index < -0.39 is 11.9 Å². The molecule has 0 fully saturated rings. The maximum Gasteiger partial charge on any atom is 0.343 e. The molecule has 168 valence electrons. The molecule has 3 rings (SSSR count). The van der Waals surface area contributed by atoms with Crippen molar-refractivity contribution in [2.75, 3.05) is 24.3 Å². The summed E-state index contributed by atoms with van der Waals surface area (Å²) in [5, 5.41) is 11.5. The highest BCUT2D eigenvalue weighted by Gasteiger charge is 2.14. The van der Waals surface area contributed by atoms with Gasteiger partial charge in [0.05, 0.1) is 6.61 Å². The Balaban J connectivity index is 0.000000336. The molecule has 6 N–H and O–H groups in total. The number of aliphatic hydroxyl groups excluding tert-OH is 1. The minimum Gasteiger partial charge on any atom is -0.462 e. The van der Waals surface area contributed by atoms with Crippen LogP contribution in [0.2, 0.25) is 0 Å². The van der Waals surface area contributed by atoms with Crippen LogP contribution in [0.4, 0.5) is 17.5 Å². The van der Waals surface area contributed by atoms with E-state index >= 15 is 0 Å². The highest BCUT2D eigenvalue weighted by molar-refractivity contribution is 5.95. The third kappa shape index (κ3) is 7.06. The van der Waals surface area contributed by atoms with Crippen LogP contribution >= 0.6 is 0 Å². The van der Waals surface area contributed by atoms with Crippen LogP contribution in [-0.4, -0.2) is 40.2 Å². The van der Waals surface area contributed by atoms with Crippen molar-refractivity contribution in [1.82, 2.24) is 9.97 Å². The third-order valence-corrected chi connectivity index (χ3v) is 4.30. The molecule has 1 amide bonds. The zero-order valence-electron chi connectivity index (χ0n) is 18.0. The van der Waals surface area contributed by atoms with E-state index in [4.69, 9.17) is 21.3 Å². The Hall–Kier alpha value is -3.98. The fraction of sp³-hybridized carbons (Fsp3) is 0.217. The van der Waals surface area contributed by atoms with Crippen molar-refractivity contribution < 1.29 is 19.4 Å². The Morgan fingerprint density at radius 3 is 2.41 bits per heavy atom. The van der Waals surface area contributed by atoms with Crippen LogP contribution in [0.1, 0.15) is 38.8 Å². The van der Waals surface area contributed by atoms with E-state index in [1.807, 2.05) is 30.3 Å². The maximum atomic E-state index is 11.6. The average molecular weight is 438 g/mol. The first kappa shape index (κ1) is 24.3. The number of amides is 1. The zero-order chi connectivity index (χ0) is 23.5. The average Bonchev–Trinajstić information content (AvgIpc) is 2.75. The monoisotopic (exact) mass is 437 g/mol. The summed E-state index contributed by atoms with van der Waals surface area (Å²) >= 11 is 0. The van der Waals surface area contributed by atoms with Gasteiger partial charge in [0.15, 0.2) is 0 Å². The van der Waals surface area contributed by atoms with Crippen LogP contribution in [-0.2, 0) is 11.2 Å². The minimum absolute atomic E-state index is 0.0198. The topological polar surface area (TPSA) is 153 Å². The second kappa shape index (κ2) is 12.0. The smallest absolute Gasteiger partial charge is 0.343 e. The van der Waals surface area contributed by atoms with E-state index in [-0.39, 0.29) is 30.5 Å². The van der Waals surface area contributed by atoms with E-state index in [1.165, 1.54) is 11.8 Å². The molecule has 1 aromatic heterocycles. The van der Waals surface area contributed by atoms with Gasteiger partial charge in [-0.05, 0) is 49.6 Å². The summed E-state index contributed by atoms with van der Waals surface area (Å²) in [6, 6.07) is 15.0. The fourth-order valence-corrected chi connectivity index (χ4v) is 2.74. The Labute approximate surface area is 186 Å². The van der Waals surface area contributed by atoms with Crippen molar-refractivity contribution in [2.24, 2.45) is 5.73 Å². The molecule has 32 heavy (non-hydrogen) atoms. The van der Waals surface area contributed by atoms with Gasteiger partial charge in [-0.25, -0.2) is 9.78 Å². The van der Waals surface area contributed by atoms with Gasteiger partial charge in [-0.1, -0.05) is 30.3 Å². The first-order valence-electron chi connectivity index (χ1n) is 9.97. The van der Waals surface area contributed by atoms with Gasteiger partial charge in [-0.15, -0.1) is 0 Å². The zero-order valence-corrected chi connectivity index (χ0v) is 18.0. The van der Waals surface area contributed by atoms with E-state index in [0.29, 0.717) is 11.3 Å². The number of hydrogen-bond donors (Lipinski definition) is 4. The van der Waals surface area contributed by atoms with Crippen LogP contribution in [0.5, 0.6) is 0 Å². The summed E-state index contributed by atoms with van der Waals surface area (Å²) in [4.78, 5) is 30.9. The number of nitrogens with zero attached hydrogens (tertiary/aromatic N) is 2. The van der Waals surface area contributed by atoms with Gasteiger partial charge in [0.2, 0.25) is 11.9 Å². The number of nitrogens with two attached hydrogens (primary N) is 2. The Morgan fingerprint density at radius 1 is 1.12 bits per heavy atom. The van der Waals surface area contributed by atoms with Gasteiger partial charge >= 0.3 is 5.97 Å². The molecule has 0 saturated heterocycles. The quantitative estimate of drug-likeness (QED) is 0.411. The molecule has 0 radical (unpaired) electrons. The van der Waals surface area contributed by atoms with Crippen molar-refractivity contribution in [3.63, 3.8) is 0 Å². The first-order valence-corrected chi connectivity index (χ1v) is 9.97. The largest absolute Gasteiger partial charge is 0.462 e. The third-order valence-electron chi connectivity index (χ3n) is 4.30. The van der Waals surface area contributed by atoms with E-state index in [9.17, 15) is 9.59 Å². The molecule has 9 heteroatoms. The van der Waals surface area contributed by atoms with Crippen molar-refractivity contribution in [3.05, 3.63) is 77.0 Å². The lowest BCUT2D eigenvalue weighted by Crippen LogP contribution is -2.13. The van der Waals surface area contributed by atoms with Crippen molar-refractivity contribution in [2.45, 2.75) is 20.3 Å². The molecular formula is C23H27N5O4. The van der Waals surface area contributed by atoms with Crippen molar-refractivity contribution in [1.29, 1.82) is 0 Å². The summed E-state index contributed by atoms with van der Waals surface area (Å²) in [6.45, 7) is 3.95. The summed E-state index contributed by atoms with van der Waals surface area (Å²) in [7, 11) is 0. The van der Waals surface area contributed by atoms with Crippen LogP contribution in [0.25, 0.3) is 0 Å². The van der Waals surface area contributed by atoms with Crippen molar-refractivity contribution in [3.8, 4) is 0 Å². The number of aromatic nitrogens is 2. The summed E-state index contributed by atoms with van der Waals surface area (Å²) < 4.78 is 4.86. The molecule has 0 aliphatic rings. The van der Waals surface area contributed by atoms with Gasteiger partial charge in [0.25, 0.3) is 0 Å². The second-order valence-corrected chi connectivity index (χ2v) is 6.69. The number of rotatable bonds is 7. The van der Waals surface area contributed by atoms with E-state index in [0.717, 1.165) is 12.0 Å². The standard InChI is InChI=1S/C15H17N5O3.C8H10O/c1-3-23-14(22)11-7-18-15(20-12(11)16)19-9-4-5-10(13(17)21)8(2)6-9;9-7-6-8-4-2-1-3-5-8/h4-7H,3H2,1-2H3,(H2,17,21)(H3,16,18,19,20);1-5,9H,6-7H2. The number of nitrogens with one attached hydrogen (secondary N) is 1. The molecule has 0 bridgehead atoms. The molecule has 0 aliphatic carbocycles. The van der Waals surface area contributed by atoms with Crippen LogP contribution < -0.4 is 16.8 Å². The molecule has 1 heterocycles. The van der Waals surface area contributed by atoms with E-state index in [1.54, 1.807) is 32.0 Å². The second-order valence-electron chi connectivity index (χ2n) is 6.69. The number of carbonyl (C=O) groups excluding carboxylic acids is 2. The highest BCUT2D eigenvalue weighted by Crippen LogP contribution is 2.19. The Morgan fingerprint density at radius 2 is 1.84 bits per heavy atom. The number of ether oxygens (including phenoxy) is 1. The SMILES string of the molecule is CCOC(=O)c1cnc(Nc2ccc(C(N)=O)c(C)c2)nc1N.OCCc1ccccc1. The molecule has 2 aromatic carbocycles. The van der Waals surface area contributed by atoms with Gasteiger partial charge in [0.1, 0.15) is 11.4 Å². The number of nitrogen functional groups attached to an aromatic ring is 1. The first-order chi connectivity index (χ1) is 15.3. The number of aliphatic hydroxyl groups is 1. The lowest BCUT2D eigenvalue weighted by molar-refractivity contribution is 0.0526. The Kier molecular flexibility index (Phi) is 9.12. The lowest BCUT2D eigenvalue weighted by Gasteiger charge is -2.09. The predicted molar refractivity (Wildman–Crippen MR) is 123 cm³/mol. The molecule has 9 nitrogen and oxygen atoms in total. The molecule has 0 spiro atoms. The predicted octanol–water partition coefficient (Wildman–Crippen LogP) is 2.61. The van der Waals surface area contributed by atoms with Crippen LogP contribution in [0.3, 0.4) is 0 Å². The van der Waals surface area contributed by atoms with Gasteiger partial charge in [0, 0.05) is 24.1 Å². The molecule has 0 atom stereocenters. The summed E-state index contributed by atoms with van der Waals surface area (Å²) in [6.07, 6.45) is 2.06. The van der Waals surface area contributed by atoms with Gasteiger partial charge < -0.3 is 26.6 Å². The minimum atomic E-state index is -0.571. The molecule has 3 aromatic rings. The number of esters is 1. The van der Waals surface area contributed by atoms with Gasteiger partial charge in [-0.2, -0.15) is 4.98 Å². The number of primary amides is 1. The summed E-state index contributed by atoms with van der Waals surface area (Å²) in [5.41, 5.74) is 14.1. The number of carbonyl (C=O) groups is 2. The van der Waals surface area contributed by atoms with E-state index in [2.05, 4.69) is 15.3 Å². The lowest BCUT2D eigenvalue weighted by atomic mass is 10.1. The Bertz CT molecular complexity index is 1060. The molecule has 0 unspecified atom stereocenters. The molecule has 0 aliphatic heterocycles. The van der Waals surface area contributed by atoms with Gasteiger partial charge in [-0.3, -0.25) is 4.79 Å². The van der Waals surface area contributed by atoms with Crippen LogP contribution in [0.15, 0.2) is 54.7 Å². The highest BCUT2D eigenvalue weighted by atomic mass is 16.5. The normalized spacial score (nSPS) is 9.97. The maximum absolute atomic E-state index is 11.6. The number of benzene rings is 2. The number of hydrogen-bond acceptors (Lipinski definition) is 8. The van der Waals surface area contributed by atoms with Crippen LogP contribution in [0, 0.1) is 6.92 Å². The number of aryl methyl sites for hydroxylation is 1. The fourth-order valence-electron chi connectivity index (χ4n) is 2.74. The molecule has 0 saturated carbocycles. The van der Waals surface area contributed by atoms with Crippen molar-refractivity contribution >= 4 is 29.3 Å². The molecular weight excluding hydrogens is 410 g/mol. The summed E-state index contributed by atoms with van der Waals surface area (Å²) in [5.74, 6) is -0.820. The number of anilines is 3.